The number of nitrogens with one attached hydrogen (secondary N) is 2. The number of urea groups is 1. The minimum atomic E-state index is -0.180. The van der Waals surface area contributed by atoms with Crippen molar-refractivity contribution >= 4 is 6.03 Å². The summed E-state index contributed by atoms with van der Waals surface area (Å²) in [7, 11) is 5.93. The monoisotopic (exact) mass is 296 g/mol. The van der Waals surface area contributed by atoms with Crippen LogP contribution in [0.5, 0.6) is 0 Å². The molecular formula is C14H28N6O. The normalized spacial score (nSPS) is 14.3. The fourth-order valence-corrected chi connectivity index (χ4v) is 2.23. The van der Waals surface area contributed by atoms with Gasteiger partial charge >= 0.3 is 6.03 Å². The van der Waals surface area contributed by atoms with Gasteiger partial charge in [0, 0.05) is 19.6 Å². The van der Waals surface area contributed by atoms with E-state index in [4.69, 9.17) is 0 Å². The summed E-state index contributed by atoms with van der Waals surface area (Å²) >= 11 is 0. The Balaban J connectivity index is 2.44. The lowest BCUT2D eigenvalue weighted by molar-refractivity contribution is 0.221. The van der Waals surface area contributed by atoms with Gasteiger partial charge in [0.2, 0.25) is 0 Å². The van der Waals surface area contributed by atoms with E-state index in [1.165, 1.54) is 0 Å². The maximum Gasteiger partial charge on any atom is 0.315 e. The molecule has 0 aliphatic rings. The van der Waals surface area contributed by atoms with E-state index in [0.717, 1.165) is 12.2 Å². The van der Waals surface area contributed by atoms with Gasteiger partial charge in [-0.2, -0.15) is 0 Å². The zero-order chi connectivity index (χ0) is 16.0. The molecule has 0 radical (unpaired) electrons. The minimum Gasteiger partial charge on any atom is -0.337 e. The van der Waals surface area contributed by atoms with Gasteiger partial charge in [0.25, 0.3) is 0 Å². The predicted octanol–water partition coefficient (Wildman–Crippen LogP) is 1.15. The first kappa shape index (κ1) is 17.4. The maximum absolute atomic E-state index is 12.0. The molecule has 0 saturated carbocycles. The Morgan fingerprint density at radius 1 is 1.38 bits per heavy atom. The molecule has 0 aromatic carbocycles. The molecule has 7 nitrogen and oxygen atoms in total. The number of carbonyl (C=O) groups excluding carboxylic acids is 1. The van der Waals surface area contributed by atoms with Gasteiger partial charge in [-0.15, -0.1) is 10.2 Å². The van der Waals surface area contributed by atoms with E-state index in [9.17, 15) is 4.79 Å². The van der Waals surface area contributed by atoms with Gasteiger partial charge in [-0.25, -0.2) is 4.79 Å². The van der Waals surface area contributed by atoms with Crippen molar-refractivity contribution in [3.63, 3.8) is 0 Å². The number of aryl methyl sites for hydroxylation is 1. The van der Waals surface area contributed by atoms with Crippen molar-refractivity contribution in [1.82, 2.24) is 30.3 Å². The quantitative estimate of drug-likeness (QED) is 0.791. The highest BCUT2D eigenvalue weighted by molar-refractivity contribution is 5.74. The van der Waals surface area contributed by atoms with E-state index < -0.39 is 0 Å². The van der Waals surface area contributed by atoms with Gasteiger partial charge in [0.05, 0.1) is 6.04 Å². The number of hydrogen-bond donors (Lipinski definition) is 2. The lowest BCUT2D eigenvalue weighted by Gasteiger charge is -2.26. The lowest BCUT2D eigenvalue weighted by atomic mass is 10.0. The summed E-state index contributed by atoms with van der Waals surface area (Å²) in [6.45, 7) is 6.89. The molecule has 1 rings (SSSR count). The lowest BCUT2D eigenvalue weighted by Crippen LogP contribution is -2.45. The average Bonchev–Trinajstić information content (AvgIpc) is 2.80. The summed E-state index contributed by atoms with van der Waals surface area (Å²) in [5.74, 6) is 1.33. The van der Waals surface area contributed by atoms with E-state index in [2.05, 4.69) is 39.6 Å². The SMILES string of the molecule is CC(C)C[C@@H](CNC(=O)N[C@@H](C)c1nncn1C)N(C)C. The molecule has 0 saturated heterocycles. The summed E-state index contributed by atoms with van der Waals surface area (Å²) in [5, 5.41) is 13.6. The van der Waals surface area contributed by atoms with Crippen LogP contribution in [0.3, 0.4) is 0 Å². The summed E-state index contributed by atoms with van der Waals surface area (Å²) in [6.07, 6.45) is 2.67. The smallest absolute Gasteiger partial charge is 0.315 e. The molecule has 0 bridgehead atoms. The third-order valence-electron chi connectivity index (χ3n) is 3.45. The first-order valence-corrected chi connectivity index (χ1v) is 7.36. The van der Waals surface area contributed by atoms with Gasteiger partial charge in [-0.3, -0.25) is 0 Å². The standard InChI is InChI=1S/C14H28N6O/c1-10(2)7-12(19(4)5)8-15-14(21)17-11(3)13-18-16-9-20(13)6/h9-12H,7-8H2,1-6H3,(H2,15,17,21)/t11-,12-/m0/s1. The van der Waals surface area contributed by atoms with Crippen molar-refractivity contribution < 1.29 is 4.79 Å². The van der Waals surface area contributed by atoms with E-state index >= 15 is 0 Å². The molecule has 0 aliphatic heterocycles. The van der Waals surface area contributed by atoms with Crippen molar-refractivity contribution in [2.75, 3.05) is 20.6 Å². The fraction of sp³-hybridized carbons (Fsp3) is 0.786. The van der Waals surface area contributed by atoms with Gasteiger partial charge in [0.1, 0.15) is 6.33 Å². The van der Waals surface area contributed by atoms with Crippen LogP contribution in [0.1, 0.15) is 39.1 Å². The number of hydrogen-bond acceptors (Lipinski definition) is 4. The minimum absolute atomic E-state index is 0.180. The Labute approximate surface area is 127 Å². The van der Waals surface area contributed by atoms with Crippen LogP contribution in [0.25, 0.3) is 0 Å². The second-order valence-electron chi connectivity index (χ2n) is 6.12. The van der Waals surface area contributed by atoms with Crippen LogP contribution in [-0.4, -0.2) is 52.4 Å². The molecule has 2 N–H and O–H groups in total. The van der Waals surface area contributed by atoms with Crippen LogP contribution < -0.4 is 10.6 Å². The first-order valence-electron chi connectivity index (χ1n) is 7.36. The summed E-state index contributed by atoms with van der Waals surface area (Å²) in [6, 6.07) is -0.0256. The van der Waals surface area contributed by atoms with Crippen molar-refractivity contribution in [2.24, 2.45) is 13.0 Å². The highest BCUT2D eigenvalue weighted by Gasteiger charge is 2.17. The van der Waals surface area contributed by atoms with Crippen LogP contribution in [0, 0.1) is 5.92 Å². The van der Waals surface area contributed by atoms with E-state index in [1.807, 2.05) is 28.1 Å². The fourth-order valence-electron chi connectivity index (χ4n) is 2.23. The zero-order valence-corrected chi connectivity index (χ0v) is 13.9. The molecule has 0 unspecified atom stereocenters. The van der Waals surface area contributed by atoms with E-state index in [-0.39, 0.29) is 12.1 Å². The highest BCUT2D eigenvalue weighted by atomic mass is 16.2. The molecule has 0 fully saturated rings. The van der Waals surface area contributed by atoms with Crippen LogP contribution in [-0.2, 0) is 7.05 Å². The topological polar surface area (TPSA) is 75.1 Å². The summed E-state index contributed by atoms with van der Waals surface area (Å²) < 4.78 is 1.80. The Morgan fingerprint density at radius 2 is 2.05 bits per heavy atom. The number of amides is 2. The van der Waals surface area contributed by atoms with Crippen LogP contribution in [0.4, 0.5) is 4.79 Å². The average molecular weight is 296 g/mol. The number of nitrogens with zero attached hydrogens (tertiary/aromatic N) is 4. The molecule has 1 aromatic heterocycles. The second kappa shape index (κ2) is 7.97. The molecule has 7 heteroatoms. The Bertz CT molecular complexity index is 442. The van der Waals surface area contributed by atoms with Crippen LogP contribution in [0.2, 0.25) is 0 Å². The number of carbonyl (C=O) groups is 1. The zero-order valence-electron chi connectivity index (χ0n) is 13.9. The molecule has 2 amide bonds. The molecule has 1 heterocycles. The Morgan fingerprint density at radius 3 is 2.52 bits per heavy atom. The molecule has 120 valence electrons. The van der Waals surface area contributed by atoms with Gasteiger partial charge < -0.3 is 20.1 Å². The molecule has 0 aliphatic carbocycles. The number of likely N-dealkylation sites (N-methyl/N-ethyl adjacent to an activating group) is 1. The van der Waals surface area contributed by atoms with Crippen molar-refractivity contribution in [1.29, 1.82) is 0 Å². The first-order chi connectivity index (χ1) is 9.81. The van der Waals surface area contributed by atoms with Gasteiger partial charge in [0.15, 0.2) is 5.82 Å². The number of aromatic nitrogens is 3. The van der Waals surface area contributed by atoms with Crippen LogP contribution >= 0.6 is 0 Å². The van der Waals surface area contributed by atoms with Crippen molar-refractivity contribution in [3.05, 3.63) is 12.2 Å². The Hall–Kier alpha value is -1.63. The molecule has 21 heavy (non-hydrogen) atoms. The number of rotatable bonds is 7. The van der Waals surface area contributed by atoms with E-state index in [1.54, 1.807) is 10.9 Å². The third-order valence-corrected chi connectivity index (χ3v) is 3.45. The summed E-state index contributed by atoms with van der Waals surface area (Å²) in [4.78, 5) is 14.1. The predicted molar refractivity (Wildman–Crippen MR) is 82.9 cm³/mol. The third kappa shape index (κ3) is 5.71. The molecular weight excluding hydrogens is 268 g/mol. The summed E-state index contributed by atoms with van der Waals surface area (Å²) in [5.41, 5.74) is 0. The van der Waals surface area contributed by atoms with Crippen molar-refractivity contribution in [3.8, 4) is 0 Å². The largest absolute Gasteiger partial charge is 0.337 e. The molecule has 2 atom stereocenters. The van der Waals surface area contributed by atoms with E-state index in [0.29, 0.717) is 18.5 Å². The second-order valence-corrected chi connectivity index (χ2v) is 6.12. The van der Waals surface area contributed by atoms with Crippen molar-refractivity contribution in [2.45, 2.75) is 39.3 Å². The van der Waals surface area contributed by atoms with Gasteiger partial charge in [-0.1, -0.05) is 13.8 Å². The Kier molecular flexibility index (Phi) is 6.61. The van der Waals surface area contributed by atoms with Crippen LogP contribution in [0.15, 0.2) is 6.33 Å². The highest BCUT2D eigenvalue weighted by Crippen LogP contribution is 2.09. The molecule has 0 spiro atoms. The molecule has 1 aromatic rings. The maximum atomic E-state index is 12.0. The van der Waals surface area contributed by atoms with Gasteiger partial charge in [-0.05, 0) is 33.4 Å².